The van der Waals surface area contributed by atoms with Crippen LogP contribution in [0.15, 0.2) is 41.8 Å². The maximum absolute atomic E-state index is 12.6. The summed E-state index contributed by atoms with van der Waals surface area (Å²) in [5.41, 5.74) is -1.09. The molecule has 9 heteroatoms. The molecule has 1 atom stereocenters. The van der Waals surface area contributed by atoms with Crippen LogP contribution in [0.25, 0.3) is 0 Å². The molecule has 0 saturated heterocycles. The van der Waals surface area contributed by atoms with E-state index >= 15 is 0 Å². The summed E-state index contributed by atoms with van der Waals surface area (Å²) >= 11 is 1.29. The van der Waals surface area contributed by atoms with E-state index in [0.29, 0.717) is 4.88 Å². The van der Waals surface area contributed by atoms with E-state index in [1.807, 2.05) is 0 Å². The van der Waals surface area contributed by atoms with Gasteiger partial charge in [-0.3, -0.25) is 9.59 Å². The summed E-state index contributed by atoms with van der Waals surface area (Å²) in [5.74, 6) is -2.17. The highest BCUT2D eigenvalue weighted by molar-refractivity contribution is 7.10. The molecule has 1 unspecified atom stereocenters. The second kappa shape index (κ2) is 7.45. The molecule has 1 aromatic carbocycles. The lowest BCUT2D eigenvalue weighted by Gasteiger charge is -2.11. The average molecular weight is 358 g/mol. The van der Waals surface area contributed by atoms with Crippen molar-refractivity contribution in [3.05, 3.63) is 52.2 Å². The molecule has 128 valence electrons. The monoisotopic (exact) mass is 358 g/mol. The van der Waals surface area contributed by atoms with Gasteiger partial charge >= 0.3 is 18.0 Å². The average Bonchev–Trinajstić information content (AvgIpc) is 3.06. The van der Waals surface area contributed by atoms with Crippen LogP contribution in [0, 0.1) is 0 Å². The maximum Gasteiger partial charge on any atom is 0.416 e. The Morgan fingerprint density at radius 1 is 1.17 bits per heavy atom. The fourth-order valence-corrected chi connectivity index (χ4v) is 2.52. The molecule has 0 saturated carbocycles. The standard InChI is InChI=1S/C15H13F3N2O3S/c16-15(17,18)9-3-1-4-10(7-9)20-14(23)13(22)19-8-11(21)12-5-2-6-24-12/h1-7,11,21H,8H2,(H,19,22)(H,20,23). The molecule has 3 N–H and O–H groups in total. The summed E-state index contributed by atoms with van der Waals surface area (Å²) in [7, 11) is 0. The molecular weight excluding hydrogens is 345 g/mol. The zero-order chi connectivity index (χ0) is 17.7. The summed E-state index contributed by atoms with van der Waals surface area (Å²) < 4.78 is 37.8. The Morgan fingerprint density at radius 2 is 1.92 bits per heavy atom. The molecule has 0 spiro atoms. The van der Waals surface area contributed by atoms with Gasteiger partial charge < -0.3 is 15.7 Å². The summed E-state index contributed by atoms with van der Waals surface area (Å²) in [5, 5.41) is 15.8. The summed E-state index contributed by atoms with van der Waals surface area (Å²) in [6.07, 6.45) is -5.51. The van der Waals surface area contributed by atoms with Crippen molar-refractivity contribution in [2.24, 2.45) is 0 Å². The molecule has 1 aromatic heterocycles. The number of thiophene rings is 1. The number of carbonyl (C=O) groups excluding carboxylic acids is 2. The number of amides is 2. The molecule has 2 rings (SSSR count). The van der Waals surface area contributed by atoms with Crippen LogP contribution in [-0.4, -0.2) is 23.5 Å². The molecule has 5 nitrogen and oxygen atoms in total. The number of rotatable bonds is 4. The van der Waals surface area contributed by atoms with Crippen molar-refractivity contribution in [1.82, 2.24) is 5.32 Å². The Bertz CT molecular complexity index is 717. The minimum Gasteiger partial charge on any atom is -0.386 e. The van der Waals surface area contributed by atoms with Gasteiger partial charge in [0, 0.05) is 17.1 Å². The van der Waals surface area contributed by atoms with E-state index in [1.165, 1.54) is 17.4 Å². The van der Waals surface area contributed by atoms with Crippen molar-refractivity contribution in [2.75, 3.05) is 11.9 Å². The Labute approximate surface area is 139 Å². The lowest BCUT2D eigenvalue weighted by atomic mass is 10.2. The molecule has 0 aliphatic rings. The van der Waals surface area contributed by atoms with Crippen LogP contribution in [-0.2, 0) is 15.8 Å². The predicted octanol–water partition coefficient (Wildman–Crippen LogP) is 2.56. The lowest BCUT2D eigenvalue weighted by molar-refractivity contribution is -0.137. The normalized spacial score (nSPS) is 12.5. The second-order valence-corrected chi connectivity index (χ2v) is 5.75. The zero-order valence-electron chi connectivity index (χ0n) is 12.1. The highest BCUT2D eigenvalue weighted by Crippen LogP contribution is 2.30. The van der Waals surface area contributed by atoms with Gasteiger partial charge in [0.15, 0.2) is 0 Å². The van der Waals surface area contributed by atoms with E-state index in [0.717, 1.165) is 18.2 Å². The molecule has 24 heavy (non-hydrogen) atoms. The Hall–Kier alpha value is -2.39. The molecule has 2 amide bonds. The van der Waals surface area contributed by atoms with Crippen molar-refractivity contribution in [3.63, 3.8) is 0 Å². The third kappa shape index (κ3) is 4.80. The lowest BCUT2D eigenvalue weighted by Crippen LogP contribution is -2.37. The van der Waals surface area contributed by atoms with Crippen molar-refractivity contribution >= 4 is 28.8 Å². The Kier molecular flexibility index (Phi) is 5.58. The first-order valence-corrected chi connectivity index (χ1v) is 7.63. The minimum absolute atomic E-state index is 0.149. The van der Waals surface area contributed by atoms with Crippen LogP contribution in [0.5, 0.6) is 0 Å². The van der Waals surface area contributed by atoms with Crippen LogP contribution in [0.3, 0.4) is 0 Å². The van der Waals surface area contributed by atoms with Gasteiger partial charge in [0.25, 0.3) is 0 Å². The van der Waals surface area contributed by atoms with E-state index in [4.69, 9.17) is 0 Å². The predicted molar refractivity (Wildman–Crippen MR) is 82.4 cm³/mol. The van der Waals surface area contributed by atoms with E-state index in [1.54, 1.807) is 17.5 Å². The number of aliphatic hydroxyl groups excluding tert-OH is 1. The minimum atomic E-state index is -4.55. The highest BCUT2D eigenvalue weighted by atomic mass is 32.1. The molecule has 1 heterocycles. The van der Waals surface area contributed by atoms with E-state index in [2.05, 4.69) is 10.6 Å². The summed E-state index contributed by atoms with van der Waals surface area (Å²) in [6, 6.07) is 7.34. The third-order valence-corrected chi connectivity index (χ3v) is 3.96. The quantitative estimate of drug-likeness (QED) is 0.735. The van der Waals surface area contributed by atoms with Gasteiger partial charge in [-0.2, -0.15) is 13.2 Å². The number of anilines is 1. The van der Waals surface area contributed by atoms with Gasteiger partial charge in [-0.15, -0.1) is 11.3 Å². The third-order valence-electron chi connectivity index (χ3n) is 2.98. The summed E-state index contributed by atoms with van der Waals surface area (Å²) in [6.45, 7) is -0.185. The smallest absolute Gasteiger partial charge is 0.386 e. The molecule has 0 bridgehead atoms. The number of carbonyl (C=O) groups is 2. The molecule has 2 aromatic rings. The van der Waals surface area contributed by atoms with Crippen LogP contribution in [0.4, 0.5) is 18.9 Å². The van der Waals surface area contributed by atoms with Crippen LogP contribution in [0.2, 0.25) is 0 Å². The van der Waals surface area contributed by atoms with Crippen molar-refractivity contribution in [1.29, 1.82) is 0 Å². The molecular formula is C15H13F3N2O3S. The van der Waals surface area contributed by atoms with E-state index in [-0.39, 0.29) is 12.2 Å². The fraction of sp³-hybridized carbons (Fsp3) is 0.200. The second-order valence-electron chi connectivity index (χ2n) is 4.77. The van der Waals surface area contributed by atoms with Crippen LogP contribution < -0.4 is 10.6 Å². The van der Waals surface area contributed by atoms with Crippen molar-refractivity contribution < 1.29 is 27.9 Å². The number of nitrogens with one attached hydrogen (secondary N) is 2. The first-order valence-electron chi connectivity index (χ1n) is 6.75. The van der Waals surface area contributed by atoms with Crippen LogP contribution >= 0.6 is 11.3 Å². The topological polar surface area (TPSA) is 78.4 Å². The Balaban J connectivity index is 1.91. The van der Waals surface area contributed by atoms with Crippen molar-refractivity contribution in [2.45, 2.75) is 12.3 Å². The SMILES string of the molecule is O=C(NCC(O)c1cccs1)C(=O)Nc1cccc(C(F)(F)F)c1. The highest BCUT2D eigenvalue weighted by Gasteiger charge is 2.30. The maximum atomic E-state index is 12.6. The van der Waals surface area contributed by atoms with Gasteiger partial charge in [-0.1, -0.05) is 12.1 Å². The Morgan fingerprint density at radius 3 is 2.54 bits per heavy atom. The molecule has 0 aliphatic carbocycles. The van der Waals surface area contributed by atoms with Gasteiger partial charge in [-0.25, -0.2) is 0 Å². The van der Waals surface area contributed by atoms with E-state index in [9.17, 15) is 27.9 Å². The number of hydrogen-bond acceptors (Lipinski definition) is 4. The molecule has 0 radical (unpaired) electrons. The number of halogens is 3. The van der Waals surface area contributed by atoms with E-state index < -0.39 is 29.7 Å². The number of hydrogen-bond donors (Lipinski definition) is 3. The number of alkyl halides is 3. The van der Waals surface area contributed by atoms with Gasteiger partial charge in [0.05, 0.1) is 5.56 Å². The fourth-order valence-electron chi connectivity index (χ4n) is 1.81. The zero-order valence-corrected chi connectivity index (χ0v) is 12.9. The first-order chi connectivity index (χ1) is 11.3. The first kappa shape index (κ1) is 18.0. The van der Waals surface area contributed by atoms with Crippen molar-refractivity contribution in [3.8, 4) is 0 Å². The van der Waals surface area contributed by atoms with Gasteiger partial charge in [-0.05, 0) is 29.6 Å². The largest absolute Gasteiger partial charge is 0.416 e. The molecule has 0 fully saturated rings. The van der Waals surface area contributed by atoms with Crippen LogP contribution in [0.1, 0.15) is 16.5 Å². The summed E-state index contributed by atoms with van der Waals surface area (Å²) in [4.78, 5) is 24.0. The van der Waals surface area contributed by atoms with Gasteiger partial charge in [0.2, 0.25) is 0 Å². The molecule has 0 aliphatic heterocycles. The van der Waals surface area contributed by atoms with Gasteiger partial charge in [0.1, 0.15) is 6.10 Å². The number of benzene rings is 1. The number of aliphatic hydroxyl groups is 1.